The normalized spacial score (nSPS) is 18.8. The van der Waals surface area contributed by atoms with Gasteiger partial charge in [0.15, 0.2) is 11.5 Å². The van der Waals surface area contributed by atoms with Crippen LogP contribution < -0.4 is 9.47 Å². The van der Waals surface area contributed by atoms with Gasteiger partial charge in [0.05, 0.1) is 6.10 Å². The van der Waals surface area contributed by atoms with Gasteiger partial charge in [-0.05, 0) is 23.1 Å². The summed E-state index contributed by atoms with van der Waals surface area (Å²) in [6.45, 7) is 5.81. The number of hydrogen-bond donors (Lipinski definition) is 3. The Morgan fingerprint density at radius 2 is 1.79 bits per heavy atom. The lowest BCUT2D eigenvalue weighted by molar-refractivity contribution is -0.385. The molecule has 0 amide bonds. The van der Waals surface area contributed by atoms with E-state index in [4.69, 9.17) is 9.47 Å². The van der Waals surface area contributed by atoms with Crippen LogP contribution in [-0.4, -0.2) is 27.6 Å². The molecule has 1 aromatic rings. The Labute approximate surface area is 111 Å². The van der Waals surface area contributed by atoms with Gasteiger partial charge in [0.2, 0.25) is 0 Å². The monoisotopic (exact) mass is 266 g/mol. The van der Waals surface area contributed by atoms with Crippen molar-refractivity contribution in [3.63, 3.8) is 0 Å². The first kappa shape index (κ1) is 13.9. The second-order valence-electron chi connectivity index (χ2n) is 5.63. The van der Waals surface area contributed by atoms with Gasteiger partial charge in [-0.25, -0.2) is 0 Å². The van der Waals surface area contributed by atoms with Crippen LogP contribution in [0.2, 0.25) is 0 Å². The minimum absolute atomic E-state index is 0.238. The largest absolute Gasteiger partial charge is 0.505 e. The van der Waals surface area contributed by atoms with Gasteiger partial charge in [-0.2, -0.15) is 0 Å². The van der Waals surface area contributed by atoms with E-state index in [9.17, 15) is 15.3 Å². The third-order valence-electron chi connectivity index (χ3n) is 2.81. The van der Waals surface area contributed by atoms with Crippen LogP contribution >= 0.6 is 0 Å². The van der Waals surface area contributed by atoms with Crippen LogP contribution in [0.4, 0.5) is 0 Å². The third kappa shape index (κ3) is 3.26. The molecule has 3 N–H and O–H groups in total. The van der Waals surface area contributed by atoms with Crippen LogP contribution in [0.1, 0.15) is 26.3 Å². The topological polar surface area (TPSA) is 79.2 Å². The summed E-state index contributed by atoms with van der Waals surface area (Å²) in [5.74, 6) is 0.510. The van der Waals surface area contributed by atoms with Gasteiger partial charge in [0.1, 0.15) is 0 Å². The van der Waals surface area contributed by atoms with Crippen molar-refractivity contribution in [2.45, 2.75) is 33.0 Å². The van der Waals surface area contributed by atoms with E-state index in [-0.39, 0.29) is 16.9 Å². The maximum absolute atomic E-state index is 9.90. The molecule has 0 aromatic heterocycles. The van der Waals surface area contributed by atoms with Crippen molar-refractivity contribution in [1.29, 1.82) is 0 Å². The molecular formula is C14H18O5. The van der Waals surface area contributed by atoms with E-state index in [1.807, 2.05) is 20.8 Å². The fourth-order valence-electron chi connectivity index (χ4n) is 1.59. The Balaban J connectivity index is 2.15. The highest BCUT2D eigenvalue weighted by Crippen LogP contribution is 2.38. The van der Waals surface area contributed by atoms with Gasteiger partial charge in [-0.15, -0.1) is 0 Å². The minimum atomic E-state index is -2.60. The van der Waals surface area contributed by atoms with E-state index in [1.54, 1.807) is 30.4 Å². The third-order valence-corrected chi connectivity index (χ3v) is 2.81. The molecule has 5 heteroatoms. The van der Waals surface area contributed by atoms with Crippen LogP contribution in [0.15, 0.2) is 24.3 Å². The number of fused-ring (bicyclic) bond motifs is 1. The molecule has 0 bridgehead atoms. The van der Waals surface area contributed by atoms with Crippen molar-refractivity contribution in [1.82, 2.24) is 0 Å². The van der Waals surface area contributed by atoms with Gasteiger partial charge >= 0.3 is 6.16 Å². The molecule has 19 heavy (non-hydrogen) atoms. The van der Waals surface area contributed by atoms with Crippen molar-refractivity contribution in [3.05, 3.63) is 29.8 Å². The molecule has 0 radical (unpaired) electrons. The SMILES string of the molecule is CC(C)(C)C(O)/C=C/c1ccc2c(c1)OC(O)(O)O2. The predicted octanol–water partition coefficient (Wildman–Crippen LogP) is 1.47. The first-order valence-electron chi connectivity index (χ1n) is 6.00. The summed E-state index contributed by atoms with van der Waals surface area (Å²) in [6.07, 6.45) is 0.250. The summed E-state index contributed by atoms with van der Waals surface area (Å²) in [7, 11) is 0. The van der Waals surface area contributed by atoms with E-state index in [2.05, 4.69) is 0 Å². The standard InChI is InChI=1S/C14H18O5/c1-13(2,3)12(15)7-5-9-4-6-10-11(8-9)19-14(16,17)18-10/h4-8,12,15-17H,1-3H3/b7-5+. The van der Waals surface area contributed by atoms with E-state index < -0.39 is 12.3 Å². The second-order valence-corrected chi connectivity index (χ2v) is 5.63. The second kappa shape index (κ2) is 4.52. The quantitative estimate of drug-likeness (QED) is 0.706. The summed E-state index contributed by atoms with van der Waals surface area (Å²) in [6, 6.07) is 4.91. The molecule has 0 fully saturated rings. The summed E-state index contributed by atoms with van der Waals surface area (Å²) < 4.78 is 9.55. The van der Waals surface area contributed by atoms with Crippen LogP contribution in [0.5, 0.6) is 11.5 Å². The number of rotatable bonds is 2. The van der Waals surface area contributed by atoms with Gasteiger partial charge < -0.3 is 14.6 Å². The number of aliphatic hydroxyl groups is 3. The first-order valence-corrected chi connectivity index (χ1v) is 6.00. The van der Waals surface area contributed by atoms with E-state index in [1.165, 1.54) is 0 Å². The van der Waals surface area contributed by atoms with Crippen LogP contribution in [0.25, 0.3) is 6.08 Å². The van der Waals surface area contributed by atoms with Crippen molar-refractivity contribution in [2.24, 2.45) is 5.41 Å². The lowest BCUT2D eigenvalue weighted by atomic mass is 9.89. The maximum atomic E-state index is 9.90. The lowest BCUT2D eigenvalue weighted by Crippen LogP contribution is -2.37. The first-order chi connectivity index (χ1) is 8.67. The molecule has 1 heterocycles. The highest BCUT2D eigenvalue weighted by atomic mass is 17.0. The van der Waals surface area contributed by atoms with Crippen molar-refractivity contribution in [2.75, 3.05) is 0 Å². The van der Waals surface area contributed by atoms with Crippen molar-refractivity contribution in [3.8, 4) is 11.5 Å². The minimum Gasteiger partial charge on any atom is -0.403 e. The van der Waals surface area contributed by atoms with Gasteiger partial charge in [0, 0.05) is 0 Å². The van der Waals surface area contributed by atoms with Gasteiger partial charge in [-0.1, -0.05) is 39.0 Å². The number of ether oxygens (including phenoxy) is 2. The fourth-order valence-corrected chi connectivity index (χ4v) is 1.59. The highest BCUT2D eigenvalue weighted by molar-refractivity contribution is 5.57. The summed E-state index contributed by atoms with van der Waals surface area (Å²) in [5.41, 5.74) is 0.529. The molecule has 104 valence electrons. The zero-order valence-electron chi connectivity index (χ0n) is 11.1. The zero-order valence-corrected chi connectivity index (χ0v) is 11.1. The average Bonchev–Trinajstić information content (AvgIpc) is 2.57. The molecular weight excluding hydrogens is 248 g/mol. The smallest absolute Gasteiger partial charge is 0.403 e. The Morgan fingerprint density at radius 3 is 2.42 bits per heavy atom. The Bertz CT molecular complexity index is 499. The summed E-state index contributed by atoms with van der Waals surface area (Å²) >= 11 is 0. The average molecular weight is 266 g/mol. The Hall–Kier alpha value is -1.56. The molecule has 1 unspecified atom stereocenters. The highest BCUT2D eigenvalue weighted by Gasteiger charge is 2.37. The Kier molecular flexibility index (Phi) is 3.30. The van der Waals surface area contributed by atoms with Crippen molar-refractivity contribution >= 4 is 6.08 Å². The Morgan fingerprint density at radius 1 is 1.16 bits per heavy atom. The fraction of sp³-hybridized carbons (Fsp3) is 0.429. The molecule has 1 aromatic carbocycles. The van der Waals surface area contributed by atoms with Gasteiger partial charge in [0.25, 0.3) is 0 Å². The number of hydrogen-bond acceptors (Lipinski definition) is 5. The molecule has 2 rings (SSSR count). The van der Waals surface area contributed by atoms with Crippen LogP contribution in [0.3, 0.4) is 0 Å². The zero-order chi connectivity index (χ0) is 14.3. The molecule has 0 aliphatic carbocycles. The summed E-state index contributed by atoms with van der Waals surface area (Å²) in [5, 5.41) is 28.3. The molecule has 0 spiro atoms. The lowest BCUT2D eigenvalue weighted by Gasteiger charge is -2.22. The molecule has 0 saturated carbocycles. The number of benzene rings is 1. The number of aliphatic hydroxyl groups excluding tert-OH is 1. The van der Waals surface area contributed by atoms with Crippen LogP contribution in [-0.2, 0) is 0 Å². The molecule has 1 aliphatic heterocycles. The van der Waals surface area contributed by atoms with E-state index >= 15 is 0 Å². The molecule has 0 saturated heterocycles. The summed E-state index contributed by atoms with van der Waals surface area (Å²) in [4.78, 5) is 0. The maximum Gasteiger partial charge on any atom is 0.505 e. The molecule has 1 aliphatic rings. The van der Waals surface area contributed by atoms with E-state index in [0.717, 1.165) is 5.56 Å². The predicted molar refractivity (Wildman–Crippen MR) is 69.4 cm³/mol. The molecule has 1 atom stereocenters. The van der Waals surface area contributed by atoms with E-state index in [0.29, 0.717) is 0 Å². The van der Waals surface area contributed by atoms with Gasteiger partial charge in [-0.3, -0.25) is 10.2 Å². The van der Waals surface area contributed by atoms with Crippen molar-refractivity contribution < 1.29 is 24.8 Å². The van der Waals surface area contributed by atoms with Crippen LogP contribution in [0, 0.1) is 5.41 Å². The molecule has 5 nitrogen and oxygen atoms in total.